The summed E-state index contributed by atoms with van der Waals surface area (Å²) in [6, 6.07) is 3.12. The fourth-order valence-electron chi connectivity index (χ4n) is 6.85. The van der Waals surface area contributed by atoms with Gasteiger partial charge in [-0.25, -0.2) is 4.68 Å². The number of benzene rings is 1. The molecule has 1 aromatic carbocycles. The SMILES string of the molecule is CCCCN1C(=O)[C@@H]([C@H](O)C(C)C)NC(=O)C12CCN(Cc1cnn(-c3cc(C)c(C(=O)N4CCOCC4)c(C)c3)c1)CC2. The summed E-state index contributed by atoms with van der Waals surface area (Å²) in [6.45, 7) is 14.6. The van der Waals surface area contributed by atoms with Gasteiger partial charge in [0.05, 0.1) is 31.2 Å². The largest absolute Gasteiger partial charge is 0.390 e. The highest BCUT2D eigenvalue weighted by atomic mass is 16.5. The van der Waals surface area contributed by atoms with Gasteiger partial charge in [-0.15, -0.1) is 0 Å². The smallest absolute Gasteiger partial charge is 0.254 e. The monoisotopic (exact) mass is 608 g/mol. The van der Waals surface area contributed by atoms with Crippen molar-refractivity contribution in [1.29, 1.82) is 0 Å². The van der Waals surface area contributed by atoms with Crippen LogP contribution in [-0.4, -0.2) is 111 Å². The first-order valence-electron chi connectivity index (χ1n) is 16.1. The number of carbonyl (C=O) groups is 3. The Hall–Kier alpha value is -3.28. The average molecular weight is 609 g/mol. The number of ether oxygens (including phenoxy) is 1. The molecule has 1 spiro atoms. The molecule has 240 valence electrons. The van der Waals surface area contributed by atoms with Crippen molar-refractivity contribution in [2.45, 2.75) is 84.5 Å². The Labute approximate surface area is 260 Å². The Morgan fingerprint density at radius 3 is 2.39 bits per heavy atom. The topological polar surface area (TPSA) is 120 Å². The molecule has 2 aromatic rings. The van der Waals surface area contributed by atoms with E-state index in [4.69, 9.17) is 4.74 Å². The van der Waals surface area contributed by atoms with Crippen LogP contribution in [0.2, 0.25) is 0 Å². The van der Waals surface area contributed by atoms with Gasteiger partial charge in [-0.1, -0.05) is 27.2 Å². The van der Waals surface area contributed by atoms with Gasteiger partial charge in [0.15, 0.2) is 0 Å². The molecule has 5 rings (SSSR count). The van der Waals surface area contributed by atoms with Gasteiger partial charge in [0.25, 0.3) is 5.91 Å². The van der Waals surface area contributed by atoms with Crippen molar-refractivity contribution in [1.82, 2.24) is 29.8 Å². The Balaban J connectivity index is 1.25. The highest BCUT2D eigenvalue weighted by Gasteiger charge is 2.54. The van der Waals surface area contributed by atoms with Crippen molar-refractivity contribution in [3.63, 3.8) is 0 Å². The molecular weight excluding hydrogens is 560 g/mol. The van der Waals surface area contributed by atoms with Crippen molar-refractivity contribution in [2.75, 3.05) is 45.9 Å². The molecule has 3 aliphatic heterocycles. The maximum Gasteiger partial charge on any atom is 0.254 e. The number of aryl methyl sites for hydroxylation is 2. The minimum Gasteiger partial charge on any atom is -0.390 e. The van der Waals surface area contributed by atoms with Crippen molar-refractivity contribution < 1.29 is 24.2 Å². The summed E-state index contributed by atoms with van der Waals surface area (Å²) in [4.78, 5) is 46.3. The van der Waals surface area contributed by atoms with E-state index in [-0.39, 0.29) is 23.6 Å². The molecule has 4 heterocycles. The minimum absolute atomic E-state index is 0.0482. The van der Waals surface area contributed by atoms with Gasteiger partial charge >= 0.3 is 0 Å². The van der Waals surface area contributed by atoms with Crippen LogP contribution in [0.1, 0.15) is 73.5 Å². The molecule has 0 aliphatic carbocycles. The number of aliphatic hydroxyl groups excluding tert-OH is 1. The minimum atomic E-state index is -0.918. The van der Waals surface area contributed by atoms with Crippen LogP contribution in [-0.2, 0) is 20.9 Å². The summed E-state index contributed by atoms with van der Waals surface area (Å²) in [7, 11) is 0. The predicted molar refractivity (Wildman–Crippen MR) is 166 cm³/mol. The normalized spacial score (nSPS) is 21.7. The summed E-state index contributed by atoms with van der Waals surface area (Å²) in [5.41, 5.74) is 3.67. The van der Waals surface area contributed by atoms with Crippen molar-refractivity contribution in [3.05, 3.63) is 46.8 Å². The standard InChI is InChI=1S/C33H48N6O5/c1-6-7-10-38-31(42)28(29(40)22(2)3)35-32(43)33(38)8-11-36(12-9-33)20-25-19-34-39(21-25)26-17-23(4)27(24(5)18-26)30(41)37-13-15-44-16-14-37/h17-19,21-22,28-29,40H,6-16,20H2,1-5H3,(H,35,43)/t28-,29-/m1/s1. The maximum atomic E-state index is 13.6. The first kappa shape index (κ1) is 32.1. The predicted octanol–water partition coefficient (Wildman–Crippen LogP) is 2.44. The molecule has 0 unspecified atom stereocenters. The lowest BCUT2D eigenvalue weighted by molar-refractivity contribution is -0.165. The summed E-state index contributed by atoms with van der Waals surface area (Å²) in [6.07, 6.45) is 5.79. The van der Waals surface area contributed by atoms with Gasteiger partial charge in [0, 0.05) is 56.6 Å². The van der Waals surface area contributed by atoms with Crippen LogP contribution in [0.4, 0.5) is 0 Å². The Morgan fingerprint density at radius 2 is 1.77 bits per heavy atom. The molecule has 11 nitrogen and oxygen atoms in total. The molecule has 3 saturated heterocycles. The third kappa shape index (κ3) is 6.27. The highest BCUT2D eigenvalue weighted by Crippen LogP contribution is 2.35. The van der Waals surface area contributed by atoms with E-state index in [1.807, 2.05) is 61.8 Å². The molecule has 0 saturated carbocycles. The molecule has 44 heavy (non-hydrogen) atoms. The fourth-order valence-corrected chi connectivity index (χ4v) is 6.85. The molecule has 0 radical (unpaired) electrons. The fraction of sp³-hybridized carbons (Fsp3) is 0.636. The lowest BCUT2D eigenvalue weighted by atomic mass is 9.80. The summed E-state index contributed by atoms with van der Waals surface area (Å²) in [5.74, 6) is -0.409. The third-order valence-corrected chi connectivity index (χ3v) is 9.54. The Bertz CT molecular complexity index is 1340. The van der Waals surface area contributed by atoms with Gasteiger partial charge in [-0.05, 0) is 62.3 Å². The zero-order valence-electron chi connectivity index (χ0n) is 26.8. The number of nitrogens with zero attached hydrogens (tertiary/aromatic N) is 5. The van der Waals surface area contributed by atoms with E-state index >= 15 is 0 Å². The molecule has 3 fully saturated rings. The molecule has 2 atom stereocenters. The van der Waals surface area contributed by atoms with Gasteiger partial charge in [-0.3, -0.25) is 19.3 Å². The zero-order valence-corrected chi connectivity index (χ0v) is 26.8. The molecule has 0 bridgehead atoms. The average Bonchev–Trinajstić information content (AvgIpc) is 3.48. The number of carbonyl (C=O) groups excluding carboxylic acids is 3. The van der Waals surface area contributed by atoms with Crippen LogP contribution in [0.15, 0.2) is 24.5 Å². The van der Waals surface area contributed by atoms with E-state index in [0.29, 0.717) is 65.3 Å². The van der Waals surface area contributed by atoms with Crippen molar-refractivity contribution >= 4 is 17.7 Å². The Kier molecular flexibility index (Phi) is 9.77. The van der Waals surface area contributed by atoms with Gasteiger partial charge < -0.3 is 25.0 Å². The lowest BCUT2D eigenvalue weighted by Crippen LogP contribution is -2.74. The summed E-state index contributed by atoms with van der Waals surface area (Å²) >= 11 is 0. The molecule has 1 aromatic heterocycles. The second kappa shape index (κ2) is 13.4. The number of rotatable bonds is 9. The van der Waals surface area contributed by atoms with Crippen LogP contribution >= 0.6 is 0 Å². The number of nitrogens with one attached hydrogen (secondary N) is 1. The second-order valence-electron chi connectivity index (χ2n) is 13.0. The quantitative estimate of drug-likeness (QED) is 0.449. The molecule has 3 amide bonds. The number of aliphatic hydroxyl groups is 1. The lowest BCUT2D eigenvalue weighted by Gasteiger charge is -2.52. The van der Waals surface area contributed by atoms with Crippen LogP contribution < -0.4 is 5.32 Å². The van der Waals surface area contributed by atoms with Crippen molar-refractivity contribution in [2.24, 2.45) is 5.92 Å². The third-order valence-electron chi connectivity index (χ3n) is 9.54. The van der Waals surface area contributed by atoms with Crippen molar-refractivity contribution in [3.8, 4) is 5.69 Å². The number of likely N-dealkylation sites (tertiary alicyclic amines) is 1. The molecule has 11 heteroatoms. The zero-order chi connectivity index (χ0) is 31.6. The number of piperazine rings is 1. The number of hydrogen-bond acceptors (Lipinski definition) is 7. The second-order valence-corrected chi connectivity index (χ2v) is 13.0. The van der Waals surface area contributed by atoms with E-state index in [1.54, 1.807) is 4.90 Å². The maximum absolute atomic E-state index is 13.6. The van der Waals surface area contributed by atoms with Gasteiger partial charge in [0.2, 0.25) is 11.8 Å². The van der Waals surface area contributed by atoms with E-state index in [0.717, 1.165) is 40.8 Å². The van der Waals surface area contributed by atoms with Gasteiger partial charge in [0.1, 0.15) is 11.6 Å². The van der Waals surface area contributed by atoms with Crippen LogP contribution in [0.3, 0.4) is 0 Å². The molecule has 2 N–H and O–H groups in total. The van der Waals surface area contributed by atoms with Gasteiger partial charge in [-0.2, -0.15) is 5.10 Å². The first-order valence-corrected chi connectivity index (χ1v) is 16.1. The number of aromatic nitrogens is 2. The number of unbranched alkanes of at least 4 members (excludes halogenated alkanes) is 1. The van der Waals surface area contributed by atoms with Crippen LogP contribution in [0.25, 0.3) is 5.69 Å². The first-order chi connectivity index (χ1) is 21.1. The number of hydrogen-bond donors (Lipinski definition) is 2. The highest BCUT2D eigenvalue weighted by molar-refractivity contribution is 6.00. The summed E-state index contributed by atoms with van der Waals surface area (Å²) < 4.78 is 7.26. The van der Waals surface area contributed by atoms with Crippen LogP contribution in [0, 0.1) is 19.8 Å². The Morgan fingerprint density at radius 1 is 1.11 bits per heavy atom. The van der Waals surface area contributed by atoms with Crippen LogP contribution in [0.5, 0.6) is 0 Å². The van der Waals surface area contributed by atoms with E-state index in [1.165, 1.54) is 0 Å². The number of amides is 3. The molecular formula is C33H48N6O5. The van der Waals surface area contributed by atoms with E-state index in [9.17, 15) is 19.5 Å². The number of morpholine rings is 1. The molecule has 3 aliphatic rings. The van der Waals surface area contributed by atoms with E-state index in [2.05, 4.69) is 22.2 Å². The number of piperidine rings is 1. The van der Waals surface area contributed by atoms with E-state index < -0.39 is 17.7 Å². The summed E-state index contributed by atoms with van der Waals surface area (Å²) in [5, 5.41) is 18.2.